The number of rotatable bonds is 8. The van der Waals surface area contributed by atoms with Gasteiger partial charge in [-0.2, -0.15) is 4.31 Å². The van der Waals surface area contributed by atoms with Crippen molar-refractivity contribution in [2.45, 2.75) is 37.0 Å². The zero-order valence-electron chi connectivity index (χ0n) is 18.4. The fourth-order valence-electron chi connectivity index (χ4n) is 4.44. The molecule has 1 heterocycles. The molecular formula is C23H28N4O5S. The van der Waals surface area contributed by atoms with Gasteiger partial charge in [0.15, 0.2) is 0 Å². The van der Waals surface area contributed by atoms with Gasteiger partial charge in [0.2, 0.25) is 15.9 Å². The number of fused-ring (bicyclic) bond motifs is 1. The summed E-state index contributed by atoms with van der Waals surface area (Å²) in [6.45, 7) is 1.71. The number of aryl methyl sites for hydroxylation is 2. The monoisotopic (exact) mass is 472 g/mol. The van der Waals surface area contributed by atoms with E-state index in [4.69, 9.17) is 0 Å². The molecule has 2 aromatic carbocycles. The highest BCUT2D eigenvalue weighted by molar-refractivity contribution is 7.89. The quantitative estimate of drug-likeness (QED) is 0.359. The zero-order valence-corrected chi connectivity index (χ0v) is 19.2. The molecule has 1 fully saturated rings. The van der Waals surface area contributed by atoms with Gasteiger partial charge >= 0.3 is 0 Å². The van der Waals surface area contributed by atoms with Crippen molar-refractivity contribution in [1.29, 1.82) is 0 Å². The smallest absolute Gasteiger partial charge is 0.292 e. The maximum atomic E-state index is 13.1. The van der Waals surface area contributed by atoms with E-state index in [1.165, 1.54) is 15.9 Å². The van der Waals surface area contributed by atoms with E-state index in [1.807, 2.05) is 6.07 Å². The van der Waals surface area contributed by atoms with Crippen molar-refractivity contribution in [3.05, 3.63) is 63.7 Å². The molecule has 4 rings (SSSR count). The molecule has 0 saturated carbocycles. The van der Waals surface area contributed by atoms with Gasteiger partial charge in [0.05, 0.1) is 9.82 Å². The van der Waals surface area contributed by atoms with E-state index < -0.39 is 14.9 Å². The Morgan fingerprint density at radius 2 is 1.76 bits per heavy atom. The highest BCUT2D eigenvalue weighted by atomic mass is 32.2. The predicted molar refractivity (Wildman–Crippen MR) is 125 cm³/mol. The number of benzene rings is 2. The van der Waals surface area contributed by atoms with Gasteiger partial charge in [-0.3, -0.25) is 14.9 Å². The standard InChI is InChI=1S/C23H28N4O5S/c28-23(9-4-12-24-21-7-1-2-8-22(21)27(29)30)25-13-15-26(16-14-25)33(31,32)20-11-10-18-5-3-6-19(18)17-20/h1-2,7-8,10-11,17,24H,3-6,9,12-16H2. The van der Waals surface area contributed by atoms with Crippen LogP contribution in [-0.2, 0) is 27.7 Å². The molecule has 1 amide bonds. The van der Waals surface area contributed by atoms with E-state index in [0.717, 1.165) is 24.8 Å². The molecule has 0 bridgehead atoms. The van der Waals surface area contributed by atoms with Crippen LogP contribution in [0.1, 0.15) is 30.4 Å². The van der Waals surface area contributed by atoms with Crippen LogP contribution in [0.15, 0.2) is 47.4 Å². The molecule has 0 aromatic heterocycles. The Kier molecular flexibility index (Phi) is 6.94. The first-order valence-corrected chi connectivity index (χ1v) is 12.7. The summed E-state index contributed by atoms with van der Waals surface area (Å²) in [6, 6.07) is 11.8. The van der Waals surface area contributed by atoms with Crippen molar-refractivity contribution in [3.63, 3.8) is 0 Å². The van der Waals surface area contributed by atoms with Crippen LogP contribution < -0.4 is 5.32 Å². The highest BCUT2D eigenvalue weighted by Gasteiger charge is 2.30. The first kappa shape index (κ1) is 23.2. The number of carbonyl (C=O) groups is 1. The normalized spacial score (nSPS) is 16.4. The molecule has 10 heteroatoms. The average molecular weight is 473 g/mol. The van der Waals surface area contributed by atoms with Crippen molar-refractivity contribution in [3.8, 4) is 0 Å². The van der Waals surface area contributed by atoms with E-state index in [9.17, 15) is 23.3 Å². The van der Waals surface area contributed by atoms with Gasteiger partial charge in [-0.15, -0.1) is 0 Å². The minimum Gasteiger partial charge on any atom is -0.379 e. The molecule has 176 valence electrons. The lowest BCUT2D eigenvalue weighted by molar-refractivity contribution is -0.384. The van der Waals surface area contributed by atoms with Crippen LogP contribution in [0.3, 0.4) is 0 Å². The van der Waals surface area contributed by atoms with E-state index in [0.29, 0.717) is 43.1 Å². The minimum atomic E-state index is -3.57. The van der Waals surface area contributed by atoms with E-state index >= 15 is 0 Å². The Morgan fingerprint density at radius 1 is 1.03 bits per heavy atom. The molecule has 0 atom stereocenters. The SMILES string of the molecule is O=C(CCCNc1ccccc1[N+](=O)[O-])N1CCN(S(=O)(=O)c2ccc3c(c2)CCC3)CC1. The van der Waals surface area contributed by atoms with Crippen molar-refractivity contribution in [2.75, 3.05) is 38.0 Å². The maximum absolute atomic E-state index is 13.1. The van der Waals surface area contributed by atoms with Crippen LogP contribution in [0, 0.1) is 10.1 Å². The second kappa shape index (κ2) is 9.88. The van der Waals surface area contributed by atoms with Crippen LogP contribution >= 0.6 is 0 Å². The molecule has 33 heavy (non-hydrogen) atoms. The number of hydrogen-bond acceptors (Lipinski definition) is 6. The van der Waals surface area contributed by atoms with Gasteiger partial charge in [-0.25, -0.2) is 8.42 Å². The first-order chi connectivity index (χ1) is 15.9. The van der Waals surface area contributed by atoms with Gasteiger partial charge in [-0.1, -0.05) is 18.2 Å². The number of hydrogen-bond donors (Lipinski definition) is 1. The molecule has 1 N–H and O–H groups in total. The Morgan fingerprint density at radius 3 is 2.52 bits per heavy atom. The lowest BCUT2D eigenvalue weighted by Crippen LogP contribution is -2.50. The second-order valence-electron chi connectivity index (χ2n) is 8.37. The second-order valence-corrected chi connectivity index (χ2v) is 10.3. The summed E-state index contributed by atoms with van der Waals surface area (Å²) < 4.78 is 27.6. The van der Waals surface area contributed by atoms with E-state index in [-0.39, 0.29) is 24.7 Å². The number of amides is 1. The molecule has 0 radical (unpaired) electrons. The van der Waals surface area contributed by atoms with E-state index in [1.54, 1.807) is 35.2 Å². The molecule has 2 aliphatic rings. The topological polar surface area (TPSA) is 113 Å². The third kappa shape index (κ3) is 5.17. The third-order valence-electron chi connectivity index (χ3n) is 6.28. The first-order valence-electron chi connectivity index (χ1n) is 11.2. The number of nitrogens with zero attached hydrogens (tertiary/aromatic N) is 3. The Labute approximate surface area is 193 Å². The fraction of sp³-hybridized carbons (Fsp3) is 0.435. The van der Waals surface area contributed by atoms with Crippen molar-refractivity contribution in [1.82, 2.24) is 9.21 Å². The zero-order chi connectivity index (χ0) is 23.4. The number of piperazine rings is 1. The number of nitrogens with one attached hydrogen (secondary N) is 1. The van der Waals surface area contributed by atoms with Crippen molar-refractivity contribution in [2.24, 2.45) is 0 Å². The number of sulfonamides is 1. The Bertz CT molecular complexity index is 1140. The largest absolute Gasteiger partial charge is 0.379 e. The summed E-state index contributed by atoms with van der Waals surface area (Å²) in [4.78, 5) is 25.2. The summed E-state index contributed by atoms with van der Waals surface area (Å²) in [7, 11) is -3.57. The molecule has 2 aromatic rings. The van der Waals surface area contributed by atoms with Gasteiger partial charge < -0.3 is 10.2 Å². The molecule has 1 aliphatic heterocycles. The molecule has 1 aliphatic carbocycles. The van der Waals surface area contributed by atoms with Gasteiger partial charge in [0, 0.05) is 45.2 Å². The number of nitro benzene ring substituents is 1. The average Bonchev–Trinajstić information content (AvgIpc) is 3.30. The Hall–Kier alpha value is -2.98. The summed E-state index contributed by atoms with van der Waals surface area (Å²) in [6.07, 6.45) is 3.82. The molecule has 9 nitrogen and oxygen atoms in total. The number of anilines is 1. The number of nitro groups is 1. The molecule has 0 spiro atoms. The van der Waals surface area contributed by atoms with Crippen LogP contribution in [0.25, 0.3) is 0 Å². The molecule has 1 saturated heterocycles. The minimum absolute atomic E-state index is 0.00419. The van der Waals surface area contributed by atoms with E-state index in [2.05, 4.69) is 5.32 Å². The van der Waals surface area contributed by atoms with Crippen molar-refractivity contribution < 1.29 is 18.1 Å². The summed E-state index contributed by atoms with van der Waals surface area (Å²) in [5.41, 5.74) is 2.80. The van der Waals surface area contributed by atoms with Crippen LogP contribution in [0.5, 0.6) is 0 Å². The summed E-state index contributed by atoms with van der Waals surface area (Å²) in [5.74, 6) is -0.0334. The third-order valence-corrected chi connectivity index (χ3v) is 8.18. The predicted octanol–water partition coefficient (Wildman–Crippen LogP) is 2.81. The lowest BCUT2D eigenvalue weighted by atomic mass is 10.1. The number of carbonyl (C=O) groups excluding carboxylic acids is 1. The van der Waals surface area contributed by atoms with Gasteiger partial charge in [0.25, 0.3) is 5.69 Å². The van der Waals surface area contributed by atoms with Crippen LogP contribution in [0.4, 0.5) is 11.4 Å². The van der Waals surface area contributed by atoms with Gasteiger partial charge in [0.1, 0.15) is 5.69 Å². The molecule has 0 unspecified atom stereocenters. The molecular weight excluding hydrogens is 444 g/mol. The fourth-order valence-corrected chi connectivity index (χ4v) is 5.91. The van der Waals surface area contributed by atoms with Gasteiger partial charge in [-0.05, 0) is 55.0 Å². The summed E-state index contributed by atoms with van der Waals surface area (Å²) in [5, 5.41) is 14.1. The van der Waals surface area contributed by atoms with Crippen LogP contribution in [-0.4, -0.2) is 61.2 Å². The van der Waals surface area contributed by atoms with Crippen LogP contribution in [0.2, 0.25) is 0 Å². The number of para-hydroxylation sites is 2. The highest BCUT2D eigenvalue weighted by Crippen LogP contribution is 2.27. The lowest BCUT2D eigenvalue weighted by Gasteiger charge is -2.34. The Balaban J connectivity index is 1.25. The van der Waals surface area contributed by atoms with Crippen molar-refractivity contribution >= 4 is 27.3 Å². The summed E-state index contributed by atoms with van der Waals surface area (Å²) >= 11 is 0. The maximum Gasteiger partial charge on any atom is 0.292 e.